The summed E-state index contributed by atoms with van der Waals surface area (Å²) in [6.45, 7) is 2.04. The second kappa shape index (κ2) is 6.94. The van der Waals surface area contributed by atoms with Gasteiger partial charge in [0, 0.05) is 17.5 Å². The number of nitrogens with one attached hydrogen (secondary N) is 1. The first kappa shape index (κ1) is 15.1. The molecule has 0 unspecified atom stereocenters. The lowest BCUT2D eigenvalue weighted by Gasteiger charge is -2.40. The summed E-state index contributed by atoms with van der Waals surface area (Å²) in [6, 6.07) is 12.5. The smallest absolute Gasteiger partial charge is 0.234 e. The SMILES string of the molecule is COc1cccc([C@@H]2CCN2CC(=O)NCc2cccs2)c1. The Labute approximate surface area is 134 Å². The molecule has 0 saturated carbocycles. The summed E-state index contributed by atoms with van der Waals surface area (Å²) in [5.41, 5.74) is 1.22. The molecule has 1 aromatic carbocycles. The average molecular weight is 316 g/mol. The van der Waals surface area contributed by atoms with Gasteiger partial charge in [0.15, 0.2) is 0 Å². The maximum atomic E-state index is 12.1. The fourth-order valence-electron chi connectivity index (χ4n) is 2.70. The first-order valence-electron chi connectivity index (χ1n) is 7.43. The number of carbonyl (C=O) groups excluding carboxylic acids is 1. The normalized spacial score (nSPS) is 17.8. The zero-order valence-electron chi connectivity index (χ0n) is 12.6. The van der Waals surface area contributed by atoms with E-state index in [1.807, 2.05) is 29.6 Å². The fourth-order valence-corrected chi connectivity index (χ4v) is 3.34. The number of carbonyl (C=O) groups is 1. The number of amides is 1. The van der Waals surface area contributed by atoms with E-state index in [-0.39, 0.29) is 5.91 Å². The van der Waals surface area contributed by atoms with Gasteiger partial charge in [-0.25, -0.2) is 0 Å². The Balaban J connectivity index is 1.53. The summed E-state index contributed by atoms with van der Waals surface area (Å²) in [4.78, 5) is 15.5. The summed E-state index contributed by atoms with van der Waals surface area (Å²) in [6.07, 6.45) is 1.09. The van der Waals surface area contributed by atoms with Gasteiger partial charge in [-0.3, -0.25) is 9.69 Å². The Morgan fingerprint density at radius 1 is 1.41 bits per heavy atom. The fraction of sp³-hybridized carbons (Fsp3) is 0.353. The molecule has 4 nitrogen and oxygen atoms in total. The Morgan fingerprint density at radius 2 is 2.32 bits per heavy atom. The van der Waals surface area contributed by atoms with E-state index in [9.17, 15) is 4.79 Å². The molecule has 1 N–H and O–H groups in total. The van der Waals surface area contributed by atoms with Gasteiger partial charge in [-0.2, -0.15) is 0 Å². The molecule has 2 aromatic rings. The van der Waals surface area contributed by atoms with E-state index < -0.39 is 0 Å². The molecule has 1 aliphatic rings. The van der Waals surface area contributed by atoms with Crippen molar-refractivity contribution in [1.82, 2.24) is 10.2 Å². The highest BCUT2D eigenvalue weighted by Gasteiger charge is 2.30. The third kappa shape index (κ3) is 3.48. The van der Waals surface area contributed by atoms with E-state index >= 15 is 0 Å². The lowest BCUT2D eigenvalue weighted by atomic mass is 9.94. The van der Waals surface area contributed by atoms with Crippen molar-refractivity contribution in [3.8, 4) is 5.75 Å². The molecule has 2 heterocycles. The van der Waals surface area contributed by atoms with Crippen LogP contribution in [0.25, 0.3) is 0 Å². The zero-order valence-corrected chi connectivity index (χ0v) is 13.4. The van der Waals surface area contributed by atoms with Crippen LogP contribution in [0.1, 0.15) is 22.9 Å². The van der Waals surface area contributed by atoms with Gasteiger partial charge in [0.2, 0.25) is 5.91 Å². The lowest BCUT2D eigenvalue weighted by Crippen LogP contribution is -2.46. The van der Waals surface area contributed by atoms with Crippen molar-refractivity contribution < 1.29 is 9.53 Å². The molecule has 0 spiro atoms. The van der Waals surface area contributed by atoms with Crippen LogP contribution >= 0.6 is 11.3 Å². The van der Waals surface area contributed by atoms with E-state index in [2.05, 4.69) is 22.3 Å². The van der Waals surface area contributed by atoms with Crippen molar-refractivity contribution in [2.75, 3.05) is 20.2 Å². The van der Waals surface area contributed by atoms with Crippen molar-refractivity contribution in [1.29, 1.82) is 0 Å². The van der Waals surface area contributed by atoms with E-state index in [0.717, 1.165) is 18.7 Å². The molecule has 116 valence electrons. The van der Waals surface area contributed by atoms with Gasteiger partial charge >= 0.3 is 0 Å². The number of hydrogen-bond acceptors (Lipinski definition) is 4. The Kier molecular flexibility index (Phi) is 4.75. The van der Waals surface area contributed by atoms with Gasteiger partial charge in [-0.15, -0.1) is 11.3 Å². The standard InChI is InChI=1S/C17H20N2O2S/c1-21-14-5-2-4-13(10-14)16-7-8-19(16)12-17(20)18-11-15-6-3-9-22-15/h2-6,9-10,16H,7-8,11-12H2,1H3,(H,18,20)/t16-/m0/s1. The quantitative estimate of drug-likeness (QED) is 0.891. The maximum Gasteiger partial charge on any atom is 0.234 e. The highest BCUT2D eigenvalue weighted by atomic mass is 32.1. The molecule has 1 atom stereocenters. The molecule has 0 radical (unpaired) electrons. The Hall–Kier alpha value is -1.85. The number of methoxy groups -OCH3 is 1. The van der Waals surface area contributed by atoms with Crippen LogP contribution in [0.3, 0.4) is 0 Å². The number of benzene rings is 1. The first-order chi connectivity index (χ1) is 10.8. The van der Waals surface area contributed by atoms with Crippen LogP contribution in [0, 0.1) is 0 Å². The minimum Gasteiger partial charge on any atom is -0.497 e. The number of rotatable bonds is 6. The van der Waals surface area contributed by atoms with Gasteiger partial charge in [0.05, 0.1) is 20.2 Å². The summed E-state index contributed by atoms with van der Waals surface area (Å²) in [7, 11) is 1.68. The summed E-state index contributed by atoms with van der Waals surface area (Å²) >= 11 is 1.66. The number of nitrogens with zero attached hydrogens (tertiary/aromatic N) is 1. The second-order valence-corrected chi connectivity index (χ2v) is 6.44. The van der Waals surface area contributed by atoms with Gasteiger partial charge in [-0.1, -0.05) is 18.2 Å². The van der Waals surface area contributed by atoms with E-state index in [1.165, 1.54) is 10.4 Å². The summed E-state index contributed by atoms with van der Waals surface area (Å²) in [5, 5.41) is 5.01. The predicted octanol–water partition coefficient (Wildman–Crippen LogP) is 2.82. The predicted molar refractivity (Wildman–Crippen MR) is 88.1 cm³/mol. The molecule has 1 fully saturated rings. The van der Waals surface area contributed by atoms with Crippen molar-refractivity contribution >= 4 is 17.2 Å². The van der Waals surface area contributed by atoms with Crippen LogP contribution in [0.4, 0.5) is 0 Å². The van der Waals surface area contributed by atoms with Gasteiger partial charge in [0.25, 0.3) is 0 Å². The molecular weight excluding hydrogens is 296 g/mol. The third-order valence-corrected chi connectivity index (χ3v) is 4.87. The van der Waals surface area contributed by atoms with Crippen molar-refractivity contribution in [3.63, 3.8) is 0 Å². The number of ether oxygens (including phenoxy) is 1. The molecule has 1 aliphatic heterocycles. The van der Waals surface area contributed by atoms with Crippen molar-refractivity contribution in [2.45, 2.75) is 19.0 Å². The molecule has 1 aromatic heterocycles. The summed E-state index contributed by atoms with van der Waals surface area (Å²) < 4.78 is 5.27. The lowest BCUT2D eigenvalue weighted by molar-refractivity contribution is -0.124. The van der Waals surface area contributed by atoms with Crippen molar-refractivity contribution in [3.05, 3.63) is 52.2 Å². The minimum atomic E-state index is 0.0843. The molecule has 0 bridgehead atoms. The van der Waals surface area contributed by atoms with Gasteiger partial charge < -0.3 is 10.1 Å². The number of hydrogen-bond donors (Lipinski definition) is 1. The van der Waals surface area contributed by atoms with Crippen LogP contribution in [-0.2, 0) is 11.3 Å². The van der Waals surface area contributed by atoms with Gasteiger partial charge in [-0.05, 0) is 35.6 Å². The zero-order chi connectivity index (χ0) is 15.4. The highest BCUT2D eigenvalue weighted by Crippen LogP contribution is 2.34. The van der Waals surface area contributed by atoms with E-state index in [1.54, 1.807) is 18.4 Å². The van der Waals surface area contributed by atoms with Crippen LogP contribution in [-0.4, -0.2) is 31.0 Å². The molecule has 5 heteroatoms. The summed E-state index contributed by atoms with van der Waals surface area (Å²) in [5.74, 6) is 0.951. The highest BCUT2D eigenvalue weighted by molar-refractivity contribution is 7.09. The van der Waals surface area contributed by atoms with Crippen LogP contribution in [0.2, 0.25) is 0 Å². The van der Waals surface area contributed by atoms with Crippen LogP contribution in [0.5, 0.6) is 5.75 Å². The van der Waals surface area contributed by atoms with E-state index in [0.29, 0.717) is 19.1 Å². The van der Waals surface area contributed by atoms with Gasteiger partial charge in [0.1, 0.15) is 5.75 Å². The average Bonchev–Trinajstić information content (AvgIpc) is 3.03. The monoisotopic (exact) mass is 316 g/mol. The van der Waals surface area contributed by atoms with Crippen LogP contribution in [0.15, 0.2) is 41.8 Å². The Morgan fingerprint density at radius 3 is 3.00 bits per heavy atom. The second-order valence-electron chi connectivity index (χ2n) is 5.41. The topological polar surface area (TPSA) is 41.6 Å². The van der Waals surface area contributed by atoms with E-state index in [4.69, 9.17) is 4.74 Å². The molecule has 1 amide bonds. The Bertz CT molecular complexity index is 627. The molecular formula is C17H20N2O2S. The third-order valence-electron chi connectivity index (χ3n) is 4.00. The molecule has 3 rings (SSSR count). The number of thiophene rings is 1. The molecule has 0 aliphatic carbocycles. The molecule has 22 heavy (non-hydrogen) atoms. The van der Waals surface area contributed by atoms with Crippen LogP contribution < -0.4 is 10.1 Å². The first-order valence-corrected chi connectivity index (χ1v) is 8.31. The molecule has 1 saturated heterocycles. The largest absolute Gasteiger partial charge is 0.497 e. The van der Waals surface area contributed by atoms with Crippen molar-refractivity contribution in [2.24, 2.45) is 0 Å². The number of likely N-dealkylation sites (tertiary alicyclic amines) is 1. The maximum absolute atomic E-state index is 12.1. The minimum absolute atomic E-state index is 0.0843.